The molecule has 24 heavy (non-hydrogen) atoms. The summed E-state index contributed by atoms with van der Waals surface area (Å²) in [7, 11) is 0. The van der Waals surface area contributed by atoms with Crippen molar-refractivity contribution in [3.8, 4) is 11.5 Å². The van der Waals surface area contributed by atoms with Gasteiger partial charge in [0.15, 0.2) is 11.5 Å². The van der Waals surface area contributed by atoms with Gasteiger partial charge in [-0.15, -0.1) is 11.8 Å². The van der Waals surface area contributed by atoms with Gasteiger partial charge in [-0.25, -0.2) is 0 Å². The van der Waals surface area contributed by atoms with Gasteiger partial charge >= 0.3 is 0 Å². The van der Waals surface area contributed by atoms with E-state index in [0.29, 0.717) is 29.7 Å². The standard InChI is InChI=1S/C18H18ClNO3S/c1-24-14-5-3-13(4-6-14)20-17(21)11-12-9-15(19)18-16(10-12)22-7-2-8-23-18/h3-6,9-10H,2,7-8,11H2,1H3,(H,20,21). The largest absolute Gasteiger partial charge is 0.489 e. The Morgan fingerprint density at radius 2 is 1.96 bits per heavy atom. The van der Waals surface area contributed by atoms with Crippen molar-refractivity contribution in [2.45, 2.75) is 17.7 Å². The van der Waals surface area contributed by atoms with Crippen LogP contribution in [0.25, 0.3) is 0 Å². The molecule has 0 aromatic heterocycles. The zero-order chi connectivity index (χ0) is 16.9. The molecule has 1 N–H and O–H groups in total. The highest BCUT2D eigenvalue weighted by Crippen LogP contribution is 2.38. The minimum Gasteiger partial charge on any atom is -0.489 e. The number of hydrogen-bond donors (Lipinski definition) is 1. The molecular weight excluding hydrogens is 346 g/mol. The smallest absolute Gasteiger partial charge is 0.228 e. The average molecular weight is 364 g/mol. The Hall–Kier alpha value is -1.85. The number of rotatable bonds is 4. The lowest BCUT2D eigenvalue weighted by Crippen LogP contribution is -2.14. The first-order valence-corrected chi connectivity index (χ1v) is 9.28. The Bertz CT molecular complexity index is 734. The number of hydrogen-bond acceptors (Lipinski definition) is 4. The number of amides is 1. The molecule has 0 aliphatic carbocycles. The molecule has 0 atom stereocenters. The second kappa shape index (κ2) is 7.81. The average Bonchev–Trinajstić information content (AvgIpc) is 2.81. The van der Waals surface area contributed by atoms with Crippen molar-refractivity contribution in [3.05, 3.63) is 47.0 Å². The second-order valence-corrected chi connectivity index (χ2v) is 6.70. The van der Waals surface area contributed by atoms with Crippen molar-refractivity contribution < 1.29 is 14.3 Å². The van der Waals surface area contributed by atoms with Crippen LogP contribution in [-0.2, 0) is 11.2 Å². The fourth-order valence-electron chi connectivity index (χ4n) is 2.45. The maximum Gasteiger partial charge on any atom is 0.228 e. The number of benzene rings is 2. The highest BCUT2D eigenvalue weighted by atomic mass is 35.5. The zero-order valence-corrected chi connectivity index (χ0v) is 14.9. The normalized spacial score (nSPS) is 13.2. The molecule has 0 unspecified atom stereocenters. The van der Waals surface area contributed by atoms with Crippen LogP contribution in [0.2, 0.25) is 5.02 Å². The Morgan fingerprint density at radius 1 is 1.21 bits per heavy atom. The van der Waals surface area contributed by atoms with Gasteiger partial charge in [-0.2, -0.15) is 0 Å². The van der Waals surface area contributed by atoms with E-state index in [1.54, 1.807) is 17.8 Å². The molecule has 1 heterocycles. The number of anilines is 1. The number of carbonyl (C=O) groups excluding carboxylic acids is 1. The fourth-order valence-corrected chi connectivity index (χ4v) is 3.15. The molecule has 0 fully saturated rings. The van der Waals surface area contributed by atoms with Crippen LogP contribution in [0.3, 0.4) is 0 Å². The third-order valence-electron chi connectivity index (χ3n) is 3.60. The summed E-state index contributed by atoms with van der Waals surface area (Å²) in [5.41, 5.74) is 1.57. The van der Waals surface area contributed by atoms with Crippen LogP contribution in [0.15, 0.2) is 41.3 Å². The molecule has 0 saturated carbocycles. The van der Waals surface area contributed by atoms with Crippen molar-refractivity contribution in [3.63, 3.8) is 0 Å². The van der Waals surface area contributed by atoms with Crippen LogP contribution in [0.5, 0.6) is 11.5 Å². The van der Waals surface area contributed by atoms with Gasteiger partial charge < -0.3 is 14.8 Å². The van der Waals surface area contributed by atoms with E-state index in [1.807, 2.05) is 36.6 Å². The summed E-state index contributed by atoms with van der Waals surface area (Å²) in [6.45, 7) is 1.17. The van der Waals surface area contributed by atoms with E-state index in [4.69, 9.17) is 21.1 Å². The predicted octanol–water partition coefficient (Wildman–Crippen LogP) is 4.40. The number of thioether (sulfide) groups is 1. The maximum atomic E-state index is 12.3. The summed E-state index contributed by atoms with van der Waals surface area (Å²) in [4.78, 5) is 13.4. The molecule has 2 aromatic carbocycles. The topological polar surface area (TPSA) is 47.6 Å². The van der Waals surface area contributed by atoms with E-state index >= 15 is 0 Å². The van der Waals surface area contributed by atoms with Crippen LogP contribution in [0.1, 0.15) is 12.0 Å². The van der Waals surface area contributed by atoms with E-state index in [-0.39, 0.29) is 12.3 Å². The van der Waals surface area contributed by atoms with Gasteiger partial charge in [-0.05, 0) is 48.2 Å². The van der Waals surface area contributed by atoms with E-state index in [1.165, 1.54) is 0 Å². The van der Waals surface area contributed by atoms with Gasteiger partial charge in [0.1, 0.15) is 0 Å². The number of fused-ring (bicyclic) bond motifs is 1. The van der Waals surface area contributed by atoms with E-state index in [9.17, 15) is 4.79 Å². The molecule has 0 saturated heterocycles. The number of ether oxygens (including phenoxy) is 2. The molecule has 2 aromatic rings. The zero-order valence-electron chi connectivity index (χ0n) is 13.3. The van der Waals surface area contributed by atoms with Crippen LogP contribution >= 0.6 is 23.4 Å². The van der Waals surface area contributed by atoms with Crippen LogP contribution in [0, 0.1) is 0 Å². The van der Waals surface area contributed by atoms with Crippen LogP contribution < -0.4 is 14.8 Å². The molecule has 3 rings (SSSR count). The molecule has 126 valence electrons. The van der Waals surface area contributed by atoms with Crippen molar-refractivity contribution >= 4 is 35.0 Å². The lowest BCUT2D eigenvalue weighted by molar-refractivity contribution is -0.115. The Kier molecular flexibility index (Phi) is 5.53. The number of carbonyl (C=O) groups is 1. The molecule has 0 spiro atoms. The van der Waals surface area contributed by atoms with Crippen molar-refractivity contribution in [1.29, 1.82) is 0 Å². The highest BCUT2D eigenvalue weighted by Gasteiger charge is 2.16. The molecule has 1 aliphatic rings. The van der Waals surface area contributed by atoms with Crippen molar-refractivity contribution in [1.82, 2.24) is 0 Å². The molecule has 0 bridgehead atoms. The van der Waals surface area contributed by atoms with Crippen molar-refractivity contribution in [2.24, 2.45) is 0 Å². The minimum atomic E-state index is -0.0996. The molecule has 0 radical (unpaired) electrons. The lowest BCUT2D eigenvalue weighted by atomic mass is 10.1. The fraction of sp³-hybridized carbons (Fsp3) is 0.278. The first kappa shape index (κ1) is 17.0. The predicted molar refractivity (Wildman–Crippen MR) is 97.6 cm³/mol. The first-order valence-electron chi connectivity index (χ1n) is 7.67. The van der Waals surface area contributed by atoms with E-state index < -0.39 is 0 Å². The van der Waals surface area contributed by atoms with Crippen LogP contribution in [-0.4, -0.2) is 25.4 Å². The van der Waals surface area contributed by atoms with Gasteiger partial charge in [-0.1, -0.05) is 11.6 Å². The Labute approximate surface area is 150 Å². The summed E-state index contributed by atoms with van der Waals surface area (Å²) >= 11 is 7.92. The van der Waals surface area contributed by atoms with Crippen molar-refractivity contribution in [2.75, 3.05) is 24.8 Å². The highest BCUT2D eigenvalue weighted by molar-refractivity contribution is 7.98. The van der Waals surface area contributed by atoms with Gasteiger partial charge in [0.25, 0.3) is 0 Å². The van der Waals surface area contributed by atoms with Gasteiger partial charge in [-0.3, -0.25) is 4.79 Å². The second-order valence-electron chi connectivity index (χ2n) is 5.41. The quantitative estimate of drug-likeness (QED) is 0.817. The van der Waals surface area contributed by atoms with Gasteiger partial charge in [0.2, 0.25) is 5.91 Å². The summed E-state index contributed by atoms with van der Waals surface area (Å²) in [5, 5.41) is 3.36. The molecule has 1 aliphatic heterocycles. The van der Waals surface area contributed by atoms with Gasteiger partial charge in [0.05, 0.1) is 24.7 Å². The minimum absolute atomic E-state index is 0.0996. The van der Waals surface area contributed by atoms with E-state index in [0.717, 1.165) is 22.6 Å². The Balaban J connectivity index is 1.69. The number of halogens is 1. The lowest BCUT2D eigenvalue weighted by Gasteiger charge is -2.12. The summed E-state index contributed by atoms with van der Waals surface area (Å²) < 4.78 is 11.2. The Morgan fingerprint density at radius 3 is 2.71 bits per heavy atom. The third kappa shape index (κ3) is 4.16. The first-order chi connectivity index (χ1) is 11.7. The number of nitrogens with one attached hydrogen (secondary N) is 1. The third-order valence-corrected chi connectivity index (χ3v) is 4.62. The molecular formula is C18H18ClNO3S. The van der Waals surface area contributed by atoms with E-state index in [2.05, 4.69) is 5.32 Å². The van der Waals surface area contributed by atoms with Crippen LogP contribution in [0.4, 0.5) is 5.69 Å². The summed E-state index contributed by atoms with van der Waals surface area (Å²) in [5.74, 6) is 1.07. The SMILES string of the molecule is CSc1ccc(NC(=O)Cc2cc(Cl)c3c(c2)OCCCO3)cc1. The maximum absolute atomic E-state index is 12.3. The molecule has 4 nitrogen and oxygen atoms in total. The summed E-state index contributed by atoms with van der Waals surface area (Å²) in [6, 6.07) is 11.3. The van der Waals surface area contributed by atoms with Gasteiger partial charge in [0, 0.05) is 17.0 Å². The molecule has 1 amide bonds. The summed E-state index contributed by atoms with van der Waals surface area (Å²) in [6.07, 6.45) is 3.05. The molecule has 6 heteroatoms. The monoisotopic (exact) mass is 363 g/mol.